The summed E-state index contributed by atoms with van der Waals surface area (Å²) in [7, 11) is 0. The van der Waals surface area contributed by atoms with E-state index in [4.69, 9.17) is 0 Å². The molecule has 0 saturated heterocycles. The minimum Gasteiger partial charge on any atom is -0.323 e. The van der Waals surface area contributed by atoms with Crippen LogP contribution in [0.4, 0.5) is 0 Å². The van der Waals surface area contributed by atoms with E-state index in [1.165, 1.54) is 0 Å². The number of aromatic nitrogens is 2. The van der Waals surface area contributed by atoms with Crippen LogP contribution in [0.5, 0.6) is 0 Å². The van der Waals surface area contributed by atoms with Crippen LogP contribution in [-0.4, -0.2) is 21.1 Å². The highest BCUT2D eigenvalue weighted by atomic mass is 16.2. The van der Waals surface area contributed by atoms with Crippen LogP contribution in [0.15, 0.2) is 54.6 Å². The Kier molecular flexibility index (Phi) is 2.98. The monoisotopic (exact) mass is 302 g/mol. The van der Waals surface area contributed by atoms with Gasteiger partial charge in [0, 0.05) is 17.7 Å². The first-order chi connectivity index (χ1) is 11.2. The van der Waals surface area contributed by atoms with Gasteiger partial charge in [-0.05, 0) is 12.5 Å². The molecule has 112 valence electrons. The van der Waals surface area contributed by atoms with Gasteiger partial charge in [-0.25, -0.2) is 4.98 Å². The van der Waals surface area contributed by atoms with Gasteiger partial charge < -0.3 is 4.57 Å². The Balaban J connectivity index is 1.94. The maximum absolute atomic E-state index is 12.4. The Hall–Kier alpha value is -3.01. The number of hydrogen-bond donors (Lipinski definition) is 0. The number of hydrogen-bond acceptors (Lipinski definition) is 3. The Labute approximate surface area is 133 Å². The van der Waals surface area contributed by atoms with E-state index >= 15 is 0 Å². The lowest BCUT2D eigenvalue weighted by Gasteiger charge is -2.17. The summed E-state index contributed by atoms with van der Waals surface area (Å²) >= 11 is 0. The number of rotatable bonds is 2. The lowest BCUT2D eigenvalue weighted by atomic mass is 9.90. The summed E-state index contributed by atoms with van der Waals surface area (Å²) in [6.07, 6.45) is 0. The molecule has 1 aromatic heterocycles. The zero-order valence-corrected chi connectivity index (χ0v) is 12.6. The molecule has 23 heavy (non-hydrogen) atoms. The van der Waals surface area contributed by atoms with Gasteiger partial charge in [-0.2, -0.15) is 0 Å². The van der Waals surface area contributed by atoms with Gasteiger partial charge in [0.2, 0.25) is 5.78 Å². The van der Waals surface area contributed by atoms with Crippen molar-refractivity contribution in [3.05, 3.63) is 77.2 Å². The van der Waals surface area contributed by atoms with Gasteiger partial charge in [0.1, 0.15) is 11.5 Å². The van der Waals surface area contributed by atoms with E-state index in [0.29, 0.717) is 12.1 Å². The molecule has 0 saturated carbocycles. The van der Waals surface area contributed by atoms with Gasteiger partial charge >= 0.3 is 0 Å². The van der Waals surface area contributed by atoms with Gasteiger partial charge in [-0.15, -0.1) is 0 Å². The van der Waals surface area contributed by atoms with Crippen molar-refractivity contribution in [2.45, 2.75) is 13.5 Å². The molecule has 1 heterocycles. The van der Waals surface area contributed by atoms with Crippen molar-refractivity contribution >= 4 is 11.6 Å². The Morgan fingerprint density at radius 2 is 1.52 bits per heavy atom. The largest absolute Gasteiger partial charge is 0.323 e. The molecule has 1 aliphatic carbocycles. The Bertz CT molecular complexity index is 939. The maximum Gasteiger partial charge on any atom is 0.254 e. The normalized spacial score (nSPS) is 12.9. The number of fused-ring (bicyclic) bond motifs is 3. The summed E-state index contributed by atoms with van der Waals surface area (Å²) in [6.45, 7) is 2.48. The number of carbonyl (C=O) groups is 2. The third-order valence-electron chi connectivity index (χ3n) is 4.19. The first-order valence-corrected chi connectivity index (χ1v) is 7.46. The third-order valence-corrected chi connectivity index (χ3v) is 4.19. The van der Waals surface area contributed by atoms with E-state index in [1.54, 1.807) is 12.1 Å². The zero-order valence-electron chi connectivity index (χ0n) is 12.6. The van der Waals surface area contributed by atoms with Gasteiger partial charge in [0.15, 0.2) is 0 Å². The number of carbonyl (C=O) groups excluding carboxylic acids is 2. The summed E-state index contributed by atoms with van der Waals surface area (Å²) in [5.41, 5.74) is 3.37. The average Bonchev–Trinajstić information content (AvgIpc) is 2.91. The molecular formula is C19H14N2O2. The molecule has 3 aromatic rings. The van der Waals surface area contributed by atoms with Crippen LogP contribution in [0, 0.1) is 6.92 Å². The molecule has 4 heteroatoms. The number of imidazole rings is 1. The van der Waals surface area contributed by atoms with E-state index in [0.717, 1.165) is 22.6 Å². The van der Waals surface area contributed by atoms with Crippen molar-refractivity contribution in [2.24, 2.45) is 0 Å². The average molecular weight is 302 g/mol. The molecule has 0 fully saturated rings. The van der Waals surface area contributed by atoms with Gasteiger partial charge in [0.05, 0.1) is 5.69 Å². The number of nitrogens with zero attached hydrogens (tertiary/aromatic N) is 2. The summed E-state index contributed by atoms with van der Waals surface area (Å²) in [5.74, 6) is -0.261. The fourth-order valence-electron chi connectivity index (χ4n) is 3.07. The summed E-state index contributed by atoms with van der Waals surface area (Å²) < 4.78 is 2.01. The lowest BCUT2D eigenvalue weighted by Crippen LogP contribution is -2.22. The molecule has 0 bridgehead atoms. The van der Waals surface area contributed by atoms with Gasteiger partial charge in [0.25, 0.3) is 5.78 Å². The topological polar surface area (TPSA) is 52.0 Å². The van der Waals surface area contributed by atoms with Crippen molar-refractivity contribution in [1.82, 2.24) is 9.55 Å². The SMILES string of the molecule is Cc1nc2c(n1Cc1ccccc1)-c1ccccc1C(=O)C2=O. The predicted octanol–water partition coefficient (Wildman–Crippen LogP) is 3.29. The molecule has 0 amide bonds. The molecule has 0 atom stereocenters. The predicted molar refractivity (Wildman–Crippen MR) is 86.6 cm³/mol. The Morgan fingerprint density at radius 3 is 2.26 bits per heavy atom. The summed E-state index contributed by atoms with van der Waals surface area (Å²) in [4.78, 5) is 29.0. The highest BCUT2D eigenvalue weighted by molar-refractivity contribution is 6.52. The molecule has 2 aromatic carbocycles. The Morgan fingerprint density at radius 1 is 0.870 bits per heavy atom. The van der Waals surface area contributed by atoms with Crippen molar-refractivity contribution in [3.63, 3.8) is 0 Å². The number of benzene rings is 2. The van der Waals surface area contributed by atoms with E-state index in [2.05, 4.69) is 4.98 Å². The van der Waals surface area contributed by atoms with Crippen molar-refractivity contribution < 1.29 is 9.59 Å². The van der Waals surface area contributed by atoms with Crippen molar-refractivity contribution in [1.29, 1.82) is 0 Å². The van der Waals surface area contributed by atoms with Crippen LogP contribution in [0.25, 0.3) is 11.3 Å². The van der Waals surface area contributed by atoms with Gasteiger partial charge in [-0.1, -0.05) is 54.6 Å². The molecule has 4 rings (SSSR count). The maximum atomic E-state index is 12.4. The fraction of sp³-hybridized carbons (Fsp3) is 0.105. The van der Waals surface area contributed by atoms with Crippen LogP contribution < -0.4 is 0 Å². The lowest BCUT2D eigenvalue weighted by molar-refractivity contribution is 0.0812. The van der Waals surface area contributed by atoms with Crippen molar-refractivity contribution in [2.75, 3.05) is 0 Å². The van der Waals surface area contributed by atoms with Crippen LogP contribution in [0.1, 0.15) is 32.2 Å². The molecule has 0 N–H and O–H groups in total. The van der Waals surface area contributed by atoms with Crippen LogP contribution >= 0.6 is 0 Å². The standard InChI is InChI=1S/C19H14N2O2/c1-12-20-16-17(21(12)11-13-7-3-2-4-8-13)14-9-5-6-10-15(14)18(22)19(16)23/h2-10H,11H2,1H3. The zero-order chi connectivity index (χ0) is 16.0. The first-order valence-electron chi connectivity index (χ1n) is 7.46. The molecule has 0 spiro atoms. The highest BCUT2D eigenvalue weighted by Crippen LogP contribution is 2.34. The summed E-state index contributed by atoms with van der Waals surface area (Å²) in [5, 5.41) is 0. The molecule has 1 aliphatic rings. The number of ketones is 2. The molecular weight excluding hydrogens is 288 g/mol. The van der Waals surface area contributed by atoms with Crippen LogP contribution in [0.2, 0.25) is 0 Å². The fourth-order valence-corrected chi connectivity index (χ4v) is 3.07. The van der Waals surface area contributed by atoms with E-state index in [-0.39, 0.29) is 5.69 Å². The van der Waals surface area contributed by atoms with E-state index < -0.39 is 11.6 Å². The molecule has 0 radical (unpaired) electrons. The minimum atomic E-state index is -0.520. The summed E-state index contributed by atoms with van der Waals surface area (Å²) in [6, 6.07) is 17.2. The second kappa shape index (κ2) is 5.02. The smallest absolute Gasteiger partial charge is 0.254 e. The second-order valence-electron chi connectivity index (χ2n) is 5.63. The molecule has 0 unspecified atom stereocenters. The third kappa shape index (κ3) is 2.03. The van der Waals surface area contributed by atoms with Gasteiger partial charge in [-0.3, -0.25) is 9.59 Å². The van der Waals surface area contributed by atoms with Crippen LogP contribution in [-0.2, 0) is 6.54 Å². The minimum absolute atomic E-state index is 0.266. The molecule has 0 aliphatic heterocycles. The quantitative estimate of drug-likeness (QED) is 0.683. The second-order valence-corrected chi connectivity index (χ2v) is 5.63. The number of Topliss-reactive ketones (excluding diaryl/α,β-unsaturated/α-hetero) is 2. The highest BCUT2D eigenvalue weighted by Gasteiger charge is 2.34. The van der Waals surface area contributed by atoms with E-state index in [1.807, 2.05) is 54.0 Å². The first kappa shape index (κ1) is 13.6. The van der Waals surface area contributed by atoms with E-state index in [9.17, 15) is 9.59 Å². The van der Waals surface area contributed by atoms with Crippen LogP contribution in [0.3, 0.4) is 0 Å². The molecule has 4 nitrogen and oxygen atoms in total. The number of aryl methyl sites for hydroxylation is 1. The van der Waals surface area contributed by atoms with Crippen molar-refractivity contribution in [3.8, 4) is 11.3 Å².